The lowest BCUT2D eigenvalue weighted by atomic mass is 10.1. The number of halogens is 2. The van der Waals surface area contributed by atoms with Crippen molar-refractivity contribution < 1.29 is 21.6 Å². The molecule has 0 N–H and O–H groups in total. The lowest BCUT2D eigenvalue weighted by Crippen LogP contribution is -2.52. The topological polar surface area (TPSA) is 82.8 Å². The number of anilines is 1. The molecule has 3 aromatic rings. The first-order chi connectivity index (χ1) is 15.5. The van der Waals surface area contributed by atoms with Crippen molar-refractivity contribution in [3.05, 3.63) is 42.4 Å². The van der Waals surface area contributed by atoms with Crippen molar-refractivity contribution in [2.45, 2.75) is 25.7 Å². The van der Waals surface area contributed by atoms with E-state index in [-0.39, 0.29) is 12.8 Å². The van der Waals surface area contributed by atoms with Gasteiger partial charge in [0.05, 0.1) is 12.0 Å². The Labute approximate surface area is 192 Å². The van der Waals surface area contributed by atoms with Crippen molar-refractivity contribution in [3.63, 3.8) is 0 Å². The van der Waals surface area contributed by atoms with Gasteiger partial charge in [0.15, 0.2) is 5.82 Å². The van der Waals surface area contributed by atoms with Gasteiger partial charge in [0.25, 0.3) is 10.2 Å². The Morgan fingerprint density at radius 3 is 2.55 bits per heavy atom. The van der Waals surface area contributed by atoms with E-state index in [1.807, 2.05) is 29.2 Å². The molecule has 33 heavy (non-hydrogen) atoms. The zero-order valence-corrected chi connectivity index (χ0v) is 19.6. The van der Waals surface area contributed by atoms with Crippen LogP contribution >= 0.6 is 0 Å². The molecule has 0 atom stereocenters. The minimum atomic E-state index is -3.51. The Balaban J connectivity index is 1.66. The molecule has 2 aromatic heterocycles. The predicted molar refractivity (Wildman–Crippen MR) is 123 cm³/mol. The minimum absolute atomic E-state index is 0.0967. The SMILES string of the molecule is CN(C)S(=O)(=O)N1CCN(c2nc(CCC(C)(F)F)cnc2-c2ccc3occc3c2)CC1. The maximum absolute atomic E-state index is 13.4. The van der Waals surface area contributed by atoms with Crippen molar-refractivity contribution in [2.75, 3.05) is 45.2 Å². The number of alkyl halides is 2. The zero-order chi connectivity index (χ0) is 23.8. The first-order valence-corrected chi connectivity index (χ1v) is 12.1. The van der Waals surface area contributed by atoms with Gasteiger partial charge in [0.1, 0.15) is 11.3 Å². The van der Waals surface area contributed by atoms with Gasteiger partial charge in [-0.1, -0.05) is 0 Å². The van der Waals surface area contributed by atoms with Crippen LogP contribution in [0.4, 0.5) is 14.6 Å². The molecular formula is C22H27F2N5O3S. The molecule has 0 spiro atoms. The Morgan fingerprint density at radius 1 is 1.15 bits per heavy atom. The van der Waals surface area contributed by atoms with E-state index in [0.717, 1.165) is 23.5 Å². The highest BCUT2D eigenvalue weighted by molar-refractivity contribution is 7.86. The van der Waals surface area contributed by atoms with Crippen molar-refractivity contribution in [3.8, 4) is 11.3 Å². The molecule has 0 saturated carbocycles. The first kappa shape index (κ1) is 23.5. The second-order valence-corrected chi connectivity index (χ2v) is 10.6. The molecule has 0 unspecified atom stereocenters. The molecule has 1 aromatic carbocycles. The van der Waals surface area contributed by atoms with Gasteiger partial charge in [-0.25, -0.2) is 13.8 Å². The highest BCUT2D eigenvalue weighted by Gasteiger charge is 2.30. The Bertz CT molecular complexity index is 1230. The summed E-state index contributed by atoms with van der Waals surface area (Å²) in [5, 5.41) is 0.914. The second-order valence-electron chi connectivity index (χ2n) is 8.45. The van der Waals surface area contributed by atoms with Gasteiger partial charge in [-0.3, -0.25) is 4.98 Å². The maximum atomic E-state index is 13.4. The zero-order valence-electron chi connectivity index (χ0n) is 18.8. The molecule has 4 rings (SSSR count). The highest BCUT2D eigenvalue weighted by Crippen LogP contribution is 2.32. The van der Waals surface area contributed by atoms with Crippen molar-refractivity contribution in [1.29, 1.82) is 0 Å². The molecule has 0 bridgehead atoms. The van der Waals surface area contributed by atoms with E-state index in [0.29, 0.717) is 43.4 Å². The molecule has 1 aliphatic heterocycles. The van der Waals surface area contributed by atoms with Crippen LogP contribution in [0.1, 0.15) is 19.0 Å². The summed E-state index contributed by atoms with van der Waals surface area (Å²) in [6.45, 7) is 2.30. The largest absolute Gasteiger partial charge is 0.464 e. The van der Waals surface area contributed by atoms with Gasteiger partial charge >= 0.3 is 0 Å². The molecule has 178 valence electrons. The smallest absolute Gasteiger partial charge is 0.281 e. The Kier molecular flexibility index (Phi) is 6.39. The normalized spacial score (nSPS) is 16.1. The third kappa shape index (κ3) is 5.15. The molecule has 8 nitrogen and oxygen atoms in total. The summed E-state index contributed by atoms with van der Waals surface area (Å²) < 4.78 is 59.8. The molecule has 1 fully saturated rings. The fourth-order valence-electron chi connectivity index (χ4n) is 3.78. The number of fused-ring (bicyclic) bond motifs is 1. The Morgan fingerprint density at radius 2 is 1.88 bits per heavy atom. The molecule has 0 radical (unpaired) electrons. The molecule has 0 aliphatic carbocycles. The maximum Gasteiger partial charge on any atom is 0.281 e. The standard InChI is InChI=1S/C22H27F2N5O3S/c1-22(23,24)8-6-18-15-25-20(17-4-5-19-16(14-17)7-13-32-19)21(26-18)28-9-11-29(12-10-28)33(30,31)27(2)3/h4-5,7,13-15H,6,8-12H2,1-3H3. The number of hydrogen-bond donors (Lipinski definition) is 0. The second kappa shape index (κ2) is 8.96. The number of rotatable bonds is 7. The number of piperazine rings is 1. The van der Waals surface area contributed by atoms with Crippen LogP contribution in [0.25, 0.3) is 22.2 Å². The van der Waals surface area contributed by atoms with E-state index in [1.165, 1.54) is 28.9 Å². The van der Waals surface area contributed by atoms with Crippen LogP contribution in [-0.2, 0) is 16.6 Å². The van der Waals surface area contributed by atoms with Crippen molar-refractivity contribution >= 4 is 27.0 Å². The van der Waals surface area contributed by atoms with Gasteiger partial charge in [-0.05, 0) is 37.6 Å². The van der Waals surface area contributed by atoms with E-state index >= 15 is 0 Å². The van der Waals surface area contributed by atoms with Gasteiger partial charge in [-0.2, -0.15) is 17.0 Å². The average molecular weight is 480 g/mol. The Hall–Kier alpha value is -2.63. The fourth-order valence-corrected chi connectivity index (χ4v) is 4.87. The van der Waals surface area contributed by atoms with Crippen LogP contribution in [0.2, 0.25) is 0 Å². The molecule has 11 heteroatoms. The van der Waals surface area contributed by atoms with Crippen molar-refractivity contribution in [2.24, 2.45) is 0 Å². The van der Waals surface area contributed by atoms with Crippen molar-refractivity contribution in [1.82, 2.24) is 18.6 Å². The van der Waals surface area contributed by atoms with E-state index in [9.17, 15) is 17.2 Å². The summed E-state index contributed by atoms with van der Waals surface area (Å²) in [5.74, 6) is -2.23. The van der Waals surface area contributed by atoms with Gasteiger partial charge < -0.3 is 9.32 Å². The minimum Gasteiger partial charge on any atom is -0.464 e. The third-order valence-corrected chi connectivity index (χ3v) is 7.62. The molecule has 0 amide bonds. The molecule has 1 saturated heterocycles. The summed E-state index contributed by atoms with van der Waals surface area (Å²) in [6, 6.07) is 7.53. The average Bonchev–Trinajstić information content (AvgIpc) is 3.25. The van der Waals surface area contributed by atoms with Crippen LogP contribution in [0.15, 0.2) is 41.1 Å². The fraction of sp³-hybridized carbons (Fsp3) is 0.455. The quantitative estimate of drug-likeness (QED) is 0.517. The number of aryl methyl sites for hydroxylation is 1. The number of benzene rings is 1. The predicted octanol–water partition coefficient (Wildman–Crippen LogP) is 3.41. The third-order valence-electron chi connectivity index (χ3n) is 5.68. The summed E-state index contributed by atoms with van der Waals surface area (Å²) in [5.41, 5.74) is 2.66. The van der Waals surface area contributed by atoms with Crippen LogP contribution < -0.4 is 4.90 Å². The van der Waals surface area contributed by atoms with E-state index in [4.69, 9.17) is 9.40 Å². The van der Waals surface area contributed by atoms with Crippen LogP contribution in [-0.4, -0.2) is 73.2 Å². The van der Waals surface area contributed by atoms with Crippen LogP contribution in [0.3, 0.4) is 0 Å². The van der Waals surface area contributed by atoms with Crippen LogP contribution in [0, 0.1) is 0 Å². The number of hydrogen-bond acceptors (Lipinski definition) is 6. The number of nitrogens with zero attached hydrogens (tertiary/aromatic N) is 5. The summed E-state index contributed by atoms with van der Waals surface area (Å²) in [7, 11) is -0.500. The van der Waals surface area contributed by atoms with E-state index in [1.54, 1.807) is 6.26 Å². The summed E-state index contributed by atoms with van der Waals surface area (Å²) in [6.07, 6.45) is 2.92. The summed E-state index contributed by atoms with van der Waals surface area (Å²) in [4.78, 5) is 11.3. The summed E-state index contributed by atoms with van der Waals surface area (Å²) >= 11 is 0. The lowest BCUT2D eigenvalue weighted by Gasteiger charge is -2.36. The van der Waals surface area contributed by atoms with Gasteiger partial charge in [0.2, 0.25) is 5.92 Å². The number of furan rings is 1. The van der Waals surface area contributed by atoms with E-state index in [2.05, 4.69) is 4.98 Å². The number of aromatic nitrogens is 2. The van der Waals surface area contributed by atoms with Gasteiger partial charge in [0, 0.05) is 63.8 Å². The first-order valence-electron chi connectivity index (χ1n) is 10.7. The van der Waals surface area contributed by atoms with E-state index < -0.39 is 16.1 Å². The lowest BCUT2D eigenvalue weighted by molar-refractivity contribution is 0.0130. The highest BCUT2D eigenvalue weighted by atomic mass is 32.2. The van der Waals surface area contributed by atoms with Crippen LogP contribution in [0.5, 0.6) is 0 Å². The monoisotopic (exact) mass is 479 g/mol. The molecular weight excluding hydrogens is 452 g/mol. The van der Waals surface area contributed by atoms with Gasteiger partial charge in [-0.15, -0.1) is 0 Å². The molecule has 3 heterocycles. The molecule has 1 aliphatic rings.